The van der Waals surface area contributed by atoms with Crippen molar-refractivity contribution in [2.45, 2.75) is 25.0 Å². The molecule has 1 saturated carbocycles. The van der Waals surface area contributed by atoms with Gasteiger partial charge in [-0.25, -0.2) is 4.98 Å². The minimum atomic E-state index is 0.0872. The molecule has 3 heterocycles. The maximum atomic E-state index is 12.4. The molecule has 1 aliphatic carbocycles. The van der Waals surface area contributed by atoms with Crippen molar-refractivity contribution in [3.63, 3.8) is 0 Å². The molecule has 7 heteroatoms. The first-order valence-corrected chi connectivity index (χ1v) is 8.31. The Labute approximate surface area is 136 Å². The van der Waals surface area contributed by atoms with Crippen LogP contribution in [-0.4, -0.2) is 73.3 Å². The zero-order valence-corrected chi connectivity index (χ0v) is 13.7. The Balaban J connectivity index is 1.55. The summed E-state index contributed by atoms with van der Waals surface area (Å²) in [5.41, 5.74) is 0. The van der Waals surface area contributed by atoms with Gasteiger partial charge in [0.1, 0.15) is 5.82 Å². The lowest BCUT2D eigenvalue weighted by Crippen LogP contribution is -2.51. The van der Waals surface area contributed by atoms with Gasteiger partial charge in [0, 0.05) is 45.8 Å². The molecule has 0 spiro atoms. The summed E-state index contributed by atoms with van der Waals surface area (Å²) in [6.07, 6.45) is 3.98. The van der Waals surface area contributed by atoms with E-state index in [9.17, 15) is 4.79 Å². The Morgan fingerprint density at radius 2 is 2.17 bits per heavy atom. The molecule has 0 unspecified atom stereocenters. The van der Waals surface area contributed by atoms with E-state index in [1.165, 1.54) is 0 Å². The fourth-order valence-electron chi connectivity index (χ4n) is 3.46. The fraction of sp³-hybridized carbons (Fsp3) is 0.688. The lowest BCUT2D eigenvalue weighted by molar-refractivity contribution is -0.131. The van der Waals surface area contributed by atoms with Crippen LogP contribution >= 0.6 is 0 Å². The third kappa shape index (κ3) is 2.73. The van der Waals surface area contributed by atoms with Crippen LogP contribution in [0.2, 0.25) is 0 Å². The second kappa shape index (κ2) is 5.63. The lowest BCUT2D eigenvalue weighted by Gasteiger charge is -2.37. The molecule has 0 radical (unpaired) electrons. The first kappa shape index (κ1) is 14.7. The van der Waals surface area contributed by atoms with Gasteiger partial charge in [-0.05, 0) is 18.9 Å². The molecule has 124 valence electrons. The Hall–Kier alpha value is -1.89. The molecular formula is C16H23N5O2. The van der Waals surface area contributed by atoms with E-state index in [1.54, 1.807) is 6.20 Å². The van der Waals surface area contributed by atoms with Gasteiger partial charge >= 0.3 is 0 Å². The second-order valence-electron chi connectivity index (χ2n) is 6.80. The zero-order chi connectivity index (χ0) is 16.0. The van der Waals surface area contributed by atoms with Crippen molar-refractivity contribution in [2.75, 3.05) is 50.1 Å². The Morgan fingerprint density at radius 3 is 2.91 bits per heavy atom. The van der Waals surface area contributed by atoms with Crippen molar-refractivity contribution in [1.82, 2.24) is 14.9 Å². The van der Waals surface area contributed by atoms with Crippen molar-refractivity contribution in [3.05, 3.63) is 12.3 Å². The number of amides is 1. The Kier molecular flexibility index (Phi) is 3.60. The molecule has 23 heavy (non-hydrogen) atoms. The number of anilines is 2. The standard InChI is InChI=1S/C16H23N5O2/c1-19(2)16-17-6-5-14(18-16)21-7-8-23-13-10-20(9-12(13)21)15(22)11-3-4-11/h5-6,11-13H,3-4,7-10H2,1-2H3/t12-,13+/m0/s1. The largest absolute Gasteiger partial charge is 0.372 e. The van der Waals surface area contributed by atoms with Crippen LogP contribution in [0, 0.1) is 5.92 Å². The molecule has 7 nitrogen and oxygen atoms in total. The van der Waals surface area contributed by atoms with E-state index >= 15 is 0 Å². The molecule has 4 rings (SSSR count). The molecule has 0 bridgehead atoms. The van der Waals surface area contributed by atoms with Gasteiger partial charge in [0.2, 0.25) is 11.9 Å². The van der Waals surface area contributed by atoms with Gasteiger partial charge in [0.15, 0.2) is 0 Å². The van der Waals surface area contributed by atoms with Crippen LogP contribution in [0.15, 0.2) is 12.3 Å². The number of carbonyl (C=O) groups is 1. The summed E-state index contributed by atoms with van der Waals surface area (Å²) < 4.78 is 5.92. The minimum Gasteiger partial charge on any atom is -0.372 e. The molecule has 1 aromatic heterocycles. The highest BCUT2D eigenvalue weighted by atomic mass is 16.5. The second-order valence-corrected chi connectivity index (χ2v) is 6.80. The number of ether oxygens (including phenoxy) is 1. The van der Waals surface area contributed by atoms with E-state index in [1.807, 2.05) is 30.0 Å². The Bertz CT molecular complexity index is 604. The summed E-state index contributed by atoms with van der Waals surface area (Å²) in [6, 6.07) is 2.14. The smallest absolute Gasteiger partial charge is 0.226 e. The van der Waals surface area contributed by atoms with Crippen LogP contribution in [0.5, 0.6) is 0 Å². The van der Waals surface area contributed by atoms with Crippen molar-refractivity contribution in [2.24, 2.45) is 5.92 Å². The highest BCUT2D eigenvalue weighted by Crippen LogP contribution is 2.34. The van der Waals surface area contributed by atoms with Crippen LogP contribution < -0.4 is 9.80 Å². The molecule has 0 N–H and O–H groups in total. The predicted molar refractivity (Wildman–Crippen MR) is 86.5 cm³/mol. The molecule has 3 fully saturated rings. The predicted octanol–water partition coefficient (Wildman–Crippen LogP) is 0.369. The number of aromatic nitrogens is 2. The molecule has 2 atom stereocenters. The summed E-state index contributed by atoms with van der Waals surface area (Å²) in [7, 11) is 3.87. The van der Waals surface area contributed by atoms with E-state index in [0.29, 0.717) is 25.0 Å². The van der Waals surface area contributed by atoms with Crippen molar-refractivity contribution in [3.8, 4) is 0 Å². The molecule has 3 aliphatic rings. The third-order valence-electron chi connectivity index (χ3n) is 4.86. The first-order valence-electron chi connectivity index (χ1n) is 8.31. The van der Waals surface area contributed by atoms with Gasteiger partial charge in [-0.2, -0.15) is 4.98 Å². The fourth-order valence-corrected chi connectivity index (χ4v) is 3.46. The first-order chi connectivity index (χ1) is 11.1. The van der Waals surface area contributed by atoms with Gasteiger partial charge in [0.05, 0.1) is 18.8 Å². The van der Waals surface area contributed by atoms with Crippen molar-refractivity contribution in [1.29, 1.82) is 0 Å². The van der Waals surface area contributed by atoms with Crippen LogP contribution in [0.4, 0.5) is 11.8 Å². The van der Waals surface area contributed by atoms with E-state index in [2.05, 4.69) is 14.9 Å². The monoisotopic (exact) mass is 317 g/mol. The average molecular weight is 317 g/mol. The number of likely N-dealkylation sites (tertiary alicyclic amines) is 1. The molecule has 2 aliphatic heterocycles. The number of carbonyl (C=O) groups excluding carboxylic acids is 1. The van der Waals surface area contributed by atoms with E-state index in [-0.39, 0.29) is 18.1 Å². The molecule has 1 aromatic rings. The summed E-state index contributed by atoms with van der Waals surface area (Å²) in [4.78, 5) is 27.5. The van der Waals surface area contributed by atoms with E-state index in [4.69, 9.17) is 4.74 Å². The van der Waals surface area contributed by atoms with E-state index < -0.39 is 0 Å². The quantitative estimate of drug-likeness (QED) is 0.803. The zero-order valence-electron chi connectivity index (χ0n) is 13.7. The SMILES string of the molecule is CN(C)c1nccc(N2CCO[C@@H]3CN(C(=O)C4CC4)C[C@@H]32)n1. The third-order valence-corrected chi connectivity index (χ3v) is 4.86. The van der Waals surface area contributed by atoms with E-state index in [0.717, 1.165) is 31.7 Å². The molecule has 0 aromatic carbocycles. The molecule has 2 saturated heterocycles. The maximum absolute atomic E-state index is 12.4. The number of nitrogens with zero attached hydrogens (tertiary/aromatic N) is 5. The van der Waals surface area contributed by atoms with Gasteiger partial charge in [-0.3, -0.25) is 4.79 Å². The van der Waals surface area contributed by atoms with Gasteiger partial charge in [0.25, 0.3) is 0 Å². The number of fused-ring (bicyclic) bond motifs is 1. The number of hydrogen-bond acceptors (Lipinski definition) is 6. The van der Waals surface area contributed by atoms with Crippen LogP contribution in [-0.2, 0) is 9.53 Å². The van der Waals surface area contributed by atoms with Crippen LogP contribution in [0.25, 0.3) is 0 Å². The average Bonchev–Trinajstić information content (AvgIpc) is 3.32. The highest BCUT2D eigenvalue weighted by Gasteiger charge is 2.45. The lowest BCUT2D eigenvalue weighted by atomic mass is 10.1. The summed E-state index contributed by atoms with van der Waals surface area (Å²) in [5.74, 6) is 2.19. The van der Waals surface area contributed by atoms with Crippen LogP contribution in [0.3, 0.4) is 0 Å². The van der Waals surface area contributed by atoms with Crippen LogP contribution in [0.1, 0.15) is 12.8 Å². The topological polar surface area (TPSA) is 61.8 Å². The van der Waals surface area contributed by atoms with Crippen molar-refractivity contribution < 1.29 is 9.53 Å². The van der Waals surface area contributed by atoms with Gasteiger partial charge < -0.3 is 19.4 Å². The number of hydrogen-bond donors (Lipinski definition) is 0. The summed E-state index contributed by atoms with van der Waals surface area (Å²) >= 11 is 0. The minimum absolute atomic E-state index is 0.0872. The van der Waals surface area contributed by atoms with Crippen molar-refractivity contribution >= 4 is 17.7 Å². The maximum Gasteiger partial charge on any atom is 0.226 e. The van der Waals surface area contributed by atoms with Gasteiger partial charge in [-0.15, -0.1) is 0 Å². The number of rotatable bonds is 3. The summed E-state index contributed by atoms with van der Waals surface area (Å²) in [5, 5.41) is 0. The molecular weight excluding hydrogens is 294 g/mol. The normalized spacial score (nSPS) is 27.0. The highest BCUT2D eigenvalue weighted by molar-refractivity contribution is 5.81. The number of morpholine rings is 1. The molecule has 1 amide bonds. The van der Waals surface area contributed by atoms with Gasteiger partial charge in [-0.1, -0.05) is 0 Å². The summed E-state index contributed by atoms with van der Waals surface area (Å²) in [6.45, 7) is 2.92. The Morgan fingerprint density at radius 1 is 1.35 bits per heavy atom.